The molecule has 2 aromatic heterocycles. The lowest BCUT2D eigenvalue weighted by molar-refractivity contribution is 0.657. The van der Waals surface area contributed by atoms with Gasteiger partial charge in [-0.3, -0.25) is 14.0 Å². The summed E-state index contributed by atoms with van der Waals surface area (Å²) in [5.74, 6) is 0.720. The summed E-state index contributed by atoms with van der Waals surface area (Å²) in [5, 5.41) is 4.50. The molecule has 98 valence electrons. The minimum Gasteiger partial charge on any atom is -0.284 e. The van der Waals surface area contributed by atoms with E-state index in [1.807, 2.05) is 13.8 Å². The van der Waals surface area contributed by atoms with E-state index >= 15 is 0 Å². The van der Waals surface area contributed by atoms with Crippen LogP contribution in [0.4, 0.5) is 0 Å². The molecule has 0 aromatic carbocycles. The smallest absolute Gasteiger partial charge is 0.280 e. The van der Waals surface area contributed by atoms with Crippen LogP contribution in [-0.2, 0) is 18.4 Å². The normalized spacial score (nSPS) is 11.3. The summed E-state index contributed by atoms with van der Waals surface area (Å²) in [6.07, 6.45) is 1.85. The van der Waals surface area contributed by atoms with Gasteiger partial charge in [0, 0.05) is 6.54 Å². The molecule has 0 N–H and O–H groups in total. The number of alkyl halides is 1. The molecule has 2 rings (SSSR count). The topological polar surface area (TPSA) is 52.7 Å². The Labute approximate surface area is 114 Å². The van der Waals surface area contributed by atoms with Gasteiger partial charge in [-0.25, -0.2) is 4.98 Å². The standard InChI is InChI=1S/C12H17BrN4O/c1-4-6-9-10-11(17(5-2)15-9)12(18)16(7-13)8(3)14-10/h4-7H2,1-3H3. The van der Waals surface area contributed by atoms with Crippen LogP contribution in [0.15, 0.2) is 4.79 Å². The number of rotatable bonds is 4. The Morgan fingerprint density at radius 1 is 1.33 bits per heavy atom. The van der Waals surface area contributed by atoms with Crippen LogP contribution in [-0.4, -0.2) is 19.3 Å². The summed E-state index contributed by atoms with van der Waals surface area (Å²) in [4.78, 5) is 17.0. The van der Waals surface area contributed by atoms with Gasteiger partial charge in [0.1, 0.15) is 11.3 Å². The fourth-order valence-electron chi connectivity index (χ4n) is 2.10. The summed E-state index contributed by atoms with van der Waals surface area (Å²) in [7, 11) is 0. The van der Waals surface area contributed by atoms with Gasteiger partial charge < -0.3 is 0 Å². The zero-order valence-corrected chi connectivity index (χ0v) is 12.5. The molecule has 18 heavy (non-hydrogen) atoms. The maximum atomic E-state index is 12.4. The first-order valence-electron chi connectivity index (χ1n) is 6.16. The van der Waals surface area contributed by atoms with Crippen molar-refractivity contribution in [3.63, 3.8) is 0 Å². The molecule has 5 nitrogen and oxygen atoms in total. The number of aromatic nitrogens is 4. The van der Waals surface area contributed by atoms with Crippen molar-refractivity contribution in [2.45, 2.75) is 45.6 Å². The van der Waals surface area contributed by atoms with Crippen LogP contribution in [0.2, 0.25) is 0 Å². The van der Waals surface area contributed by atoms with E-state index in [0.29, 0.717) is 17.5 Å². The third-order valence-corrected chi connectivity index (χ3v) is 3.52. The molecule has 2 heterocycles. The van der Waals surface area contributed by atoms with E-state index in [2.05, 4.69) is 32.9 Å². The molecular formula is C12H17BrN4O. The number of nitrogens with zero attached hydrogens (tertiary/aromatic N) is 4. The van der Waals surface area contributed by atoms with E-state index < -0.39 is 0 Å². The lowest BCUT2D eigenvalue weighted by Gasteiger charge is -2.06. The van der Waals surface area contributed by atoms with Gasteiger partial charge in [0.25, 0.3) is 5.56 Å². The highest BCUT2D eigenvalue weighted by Crippen LogP contribution is 2.15. The second-order valence-corrected chi connectivity index (χ2v) is 4.72. The Kier molecular flexibility index (Phi) is 3.85. The molecule has 0 aliphatic carbocycles. The van der Waals surface area contributed by atoms with Crippen molar-refractivity contribution in [2.75, 3.05) is 0 Å². The van der Waals surface area contributed by atoms with Gasteiger partial charge in [0.2, 0.25) is 0 Å². The van der Waals surface area contributed by atoms with E-state index in [1.165, 1.54) is 0 Å². The maximum absolute atomic E-state index is 12.4. The Morgan fingerprint density at radius 3 is 2.61 bits per heavy atom. The predicted molar refractivity (Wildman–Crippen MR) is 75.1 cm³/mol. The molecule has 0 atom stereocenters. The van der Waals surface area contributed by atoms with Crippen molar-refractivity contribution in [1.29, 1.82) is 0 Å². The Hall–Kier alpha value is -1.17. The molecule has 0 amide bonds. The maximum Gasteiger partial charge on any atom is 0.280 e. The zero-order chi connectivity index (χ0) is 13.3. The van der Waals surface area contributed by atoms with Gasteiger partial charge in [-0.1, -0.05) is 29.3 Å². The quantitative estimate of drug-likeness (QED) is 0.813. The van der Waals surface area contributed by atoms with Crippen LogP contribution in [0.3, 0.4) is 0 Å². The molecule has 0 spiro atoms. The summed E-state index contributed by atoms with van der Waals surface area (Å²) in [5.41, 5.74) is 2.74. The van der Waals surface area contributed by atoms with Crippen molar-refractivity contribution >= 4 is 27.0 Å². The minimum atomic E-state index is -0.0221. The van der Waals surface area contributed by atoms with Gasteiger partial charge in [0.05, 0.1) is 11.1 Å². The van der Waals surface area contributed by atoms with Gasteiger partial charge in [-0.15, -0.1) is 0 Å². The monoisotopic (exact) mass is 312 g/mol. The predicted octanol–water partition coefficient (Wildman–Crippen LogP) is 2.23. The first kappa shape index (κ1) is 13.3. The first-order chi connectivity index (χ1) is 8.63. The lowest BCUT2D eigenvalue weighted by Crippen LogP contribution is -2.24. The summed E-state index contributed by atoms with van der Waals surface area (Å²) in [6.45, 7) is 6.62. The van der Waals surface area contributed by atoms with E-state index in [1.54, 1.807) is 9.25 Å². The van der Waals surface area contributed by atoms with Crippen molar-refractivity contribution < 1.29 is 0 Å². The van der Waals surface area contributed by atoms with Crippen molar-refractivity contribution in [3.05, 3.63) is 21.9 Å². The highest BCUT2D eigenvalue weighted by molar-refractivity contribution is 9.08. The fraction of sp³-hybridized carbons (Fsp3) is 0.583. The molecule has 0 saturated carbocycles. The van der Waals surface area contributed by atoms with Crippen LogP contribution < -0.4 is 5.56 Å². The molecule has 6 heteroatoms. The highest BCUT2D eigenvalue weighted by Gasteiger charge is 2.16. The third-order valence-electron chi connectivity index (χ3n) is 3.02. The molecule has 0 saturated heterocycles. The number of hydrogen-bond donors (Lipinski definition) is 0. The molecule has 0 unspecified atom stereocenters. The average molecular weight is 313 g/mol. The van der Waals surface area contributed by atoms with Crippen molar-refractivity contribution in [1.82, 2.24) is 19.3 Å². The molecular weight excluding hydrogens is 296 g/mol. The van der Waals surface area contributed by atoms with Crippen LogP contribution in [0.1, 0.15) is 31.8 Å². The molecule has 0 bridgehead atoms. The van der Waals surface area contributed by atoms with Gasteiger partial charge in [-0.05, 0) is 20.3 Å². The summed E-state index contributed by atoms with van der Waals surface area (Å²) in [6, 6.07) is 0. The number of halogens is 1. The fourth-order valence-corrected chi connectivity index (χ4v) is 2.69. The highest BCUT2D eigenvalue weighted by atomic mass is 79.9. The van der Waals surface area contributed by atoms with Crippen molar-refractivity contribution in [3.8, 4) is 0 Å². The Balaban J connectivity index is 2.84. The van der Waals surface area contributed by atoms with Crippen molar-refractivity contribution in [2.24, 2.45) is 0 Å². The number of hydrogen-bond acceptors (Lipinski definition) is 3. The molecule has 0 aliphatic rings. The molecule has 0 radical (unpaired) electrons. The van der Waals surface area contributed by atoms with E-state index in [0.717, 1.165) is 29.9 Å². The second kappa shape index (κ2) is 5.22. The largest absolute Gasteiger partial charge is 0.284 e. The zero-order valence-electron chi connectivity index (χ0n) is 10.9. The first-order valence-corrected chi connectivity index (χ1v) is 7.28. The Bertz CT molecular complexity index is 629. The second-order valence-electron chi connectivity index (χ2n) is 4.22. The van der Waals surface area contributed by atoms with E-state index in [4.69, 9.17) is 0 Å². The Morgan fingerprint density at radius 2 is 2.06 bits per heavy atom. The molecule has 0 aliphatic heterocycles. The molecule has 2 aromatic rings. The van der Waals surface area contributed by atoms with E-state index in [9.17, 15) is 4.79 Å². The van der Waals surface area contributed by atoms with Gasteiger partial charge in [0.15, 0.2) is 5.52 Å². The van der Waals surface area contributed by atoms with Crippen LogP contribution in [0.5, 0.6) is 0 Å². The van der Waals surface area contributed by atoms with Gasteiger partial charge >= 0.3 is 0 Å². The minimum absolute atomic E-state index is 0.0221. The SMILES string of the molecule is CCCc1nn(CC)c2c(=O)n(CBr)c(C)nc12. The van der Waals surface area contributed by atoms with Gasteiger partial charge in [-0.2, -0.15) is 5.10 Å². The molecule has 0 fully saturated rings. The number of aryl methyl sites for hydroxylation is 3. The van der Waals surface area contributed by atoms with Crippen LogP contribution in [0.25, 0.3) is 11.0 Å². The summed E-state index contributed by atoms with van der Waals surface area (Å²) >= 11 is 3.32. The lowest BCUT2D eigenvalue weighted by atomic mass is 10.2. The summed E-state index contributed by atoms with van der Waals surface area (Å²) < 4.78 is 3.38. The van der Waals surface area contributed by atoms with Crippen LogP contribution >= 0.6 is 15.9 Å². The van der Waals surface area contributed by atoms with E-state index in [-0.39, 0.29) is 5.56 Å². The number of fused-ring (bicyclic) bond motifs is 1. The average Bonchev–Trinajstić information content (AvgIpc) is 2.69. The third kappa shape index (κ3) is 1.98. The van der Waals surface area contributed by atoms with Crippen LogP contribution in [0, 0.1) is 6.92 Å².